The number of hydrogen-bond donors (Lipinski definition) is 2. The van der Waals surface area contributed by atoms with Crippen molar-refractivity contribution in [3.63, 3.8) is 0 Å². The Kier molecular flexibility index (Phi) is 3.67. The summed E-state index contributed by atoms with van der Waals surface area (Å²) in [6.45, 7) is 0.600. The number of benzene rings is 1. The first-order chi connectivity index (χ1) is 9.85. The summed E-state index contributed by atoms with van der Waals surface area (Å²) in [4.78, 5) is 4.18. The summed E-state index contributed by atoms with van der Waals surface area (Å²) in [5.74, 6) is 1.60. The van der Waals surface area contributed by atoms with Gasteiger partial charge in [0.1, 0.15) is 5.69 Å². The molecule has 5 heteroatoms. The molecule has 0 unspecified atom stereocenters. The Morgan fingerprint density at radius 1 is 1.35 bits per heavy atom. The molecule has 0 atom stereocenters. The molecule has 0 amide bonds. The first-order valence-electron chi connectivity index (χ1n) is 6.83. The summed E-state index contributed by atoms with van der Waals surface area (Å²) in [5, 5.41) is 10.6. The predicted octanol–water partition coefficient (Wildman–Crippen LogP) is 2.17. The minimum Gasteiger partial charge on any atom is -0.356 e. The summed E-state index contributed by atoms with van der Waals surface area (Å²) < 4.78 is 5.36. The zero-order valence-electron chi connectivity index (χ0n) is 11.5. The quantitative estimate of drug-likeness (QED) is 0.660. The van der Waals surface area contributed by atoms with E-state index < -0.39 is 0 Å². The zero-order valence-corrected chi connectivity index (χ0v) is 11.5. The molecule has 1 aromatic carbocycles. The molecule has 2 N–H and O–H groups in total. The average Bonchev–Trinajstić information content (AvgIpc) is 3.19. The van der Waals surface area contributed by atoms with E-state index in [4.69, 9.17) is 4.52 Å². The molecule has 1 aromatic heterocycles. The van der Waals surface area contributed by atoms with Crippen LogP contribution in [0.4, 0.5) is 0 Å². The van der Waals surface area contributed by atoms with Gasteiger partial charge in [-0.25, -0.2) is 0 Å². The molecule has 3 rings (SSSR count). The van der Waals surface area contributed by atoms with E-state index in [1.54, 1.807) is 7.05 Å². The lowest BCUT2D eigenvalue weighted by Gasteiger charge is -2.09. The number of hydrogen-bond acceptors (Lipinski definition) is 3. The Labute approximate surface area is 118 Å². The minimum atomic E-state index is 0.582. The molecule has 0 aliphatic heterocycles. The Balaban J connectivity index is 1.59. The van der Waals surface area contributed by atoms with E-state index in [-0.39, 0.29) is 0 Å². The van der Waals surface area contributed by atoms with Crippen LogP contribution in [0, 0.1) is 0 Å². The molecule has 1 aliphatic rings. The number of nitrogens with one attached hydrogen (secondary N) is 2. The third-order valence-corrected chi connectivity index (χ3v) is 3.20. The maximum Gasteiger partial charge on any atom is 0.191 e. The van der Waals surface area contributed by atoms with Crippen LogP contribution in [-0.4, -0.2) is 24.2 Å². The molecule has 1 aliphatic carbocycles. The Bertz CT molecular complexity index is 587. The largest absolute Gasteiger partial charge is 0.356 e. The summed E-state index contributed by atoms with van der Waals surface area (Å²) >= 11 is 0. The molecule has 1 fully saturated rings. The van der Waals surface area contributed by atoms with Gasteiger partial charge in [-0.2, -0.15) is 0 Å². The maximum atomic E-state index is 5.36. The topological polar surface area (TPSA) is 62.5 Å². The first-order valence-corrected chi connectivity index (χ1v) is 6.83. The molecular weight excluding hydrogens is 252 g/mol. The predicted molar refractivity (Wildman–Crippen MR) is 78.3 cm³/mol. The van der Waals surface area contributed by atoms with Crippen molar-refractivity contribution in [1.82, 2.24) is 15.8 Å². The van der Waals surface area contributed by atoms with E-state index in [2.05, 4.69) is 20.8 Å². The summed E-state index contributed by atoms with van der Waals surface area (Å²) in [7, 11) is 1.77. The highest BCUT2D eigenvalue weighted by Gasteiger charge is 2.22. The van der Waals surface area contributed by atoms with Crippen molar-refractivity contribution in [1.29, 1.82) is 0 Å². The zero-order chi connectivity index (χ0) is 13.8. The Hall–Kier alpha value is -2.30. The molecule has 104 valence electrons. The normalized spacial score (nSPS) is 15.2. The molecular formula is C15H18N4O. The van der Waals surface area contributed by atoms with Crippen LogP contribution in [0.5, 0.6) is 0 Å². The van der Waals surface area contributed by atoms with Crippen LogP contribution in [0.1, 0.15) is 18.5 Å². The van der Waals surface area contributed by atoms with Crippen LogP contribution in [0.25, 0.3) is 11.3 Å². The molecule has 2 aromatic rings. The number of aliphatic imine (C=N–C) groups is 1. The van der Waals surface area contributed by atoms with Crippen molar-refractivity contribution in [2.75, 3.05) is 7.05 Å². The molecule has 1 saturated carbocycles. The van der Waals surface area contributed by atoms with E-state index in [1.165, 1.54) is 12.8 Å². The van der Waals surface area contributed by atoms with Crippen molar-refractivity contribution in [3.8, 4) is 11.3 Å². The maximum absolute atomic E-state index is 5.36. The van der Waals surface area contributed by atoms with Gasteiger partial charge < -0.3 is 15.2 Å². The minimum absolute atomic E-state index is 0.582. The Morgan fingerprint density at radius 3 is 2.85 bits per heavy atom. The van der Waals surface area contributed by atoms with Gasteiger partial charge in [-0.05, 0) is 12.8 Å². The van der Waals surface area contributed by atoms with Crippen molar-refractivity contribution >= 4 is 5.96 Å². The van der Waals surface area contributed by atoms with Gasteiger partial charge in [0.05, 0.1) is 6.54 Å². The van der Waals surface area contributed by atoms with Gasteiger partial charge in [0, 0.05) is 24.7 Å². The molecule has 0 radical (unpaired) electrons. The van der Waals surface area contributed by atoms with Gasteiger partial charge in [-0.3, -0.25) is 4.99 Å². The third kappa shape index (κ3) is 3.17. The highest BCUT2D eigenvalue weighted by molar-refractivity contribution is 5.80. The molecule has 20 heavy (non-hydrogen) atoms. The number of aromatic nitrogens is 1. The highest BCUT2D eigenvalue weighted by atomic mass is 16.5. The SMILES string of the molecule is CN=C(NCc1cc(-c2ccccc2)on1)NC1CC1. The molecule has 5 nitrogen and oxygen atoms in total. The number of guanidine groups is 1. The van der Waals surface area contributed by atoms with Crippen molar-refractivity contribution in [3.05, 3.63) is 42.1 Å². The lowest BCUT2D eigenvalue weighted by Crippen LogP contribution is -2.38. The fourth-order valence-corrected chi connectivity index (χ4v) is 1.92. The van der Waals surface area contributed by atoms with Crippen LogP contribution in [0.3, 0.4) is 0 Å². The van der Waals surface area contributed by atoms with Crippen LogP contribution in [0.2, 0.25) is 0 Å². The van der Waals surface area contributed by atoms with Gasteiger partial charge >= 0.3 is 0 Å². The first kappa shape index (κ1) is 12.7. The summed E-state index contributed by atoms with van der Waals surface area (Å²) in [6.07, 6.45) is 2.45. The second kappa shape index (κ2) is 5.77. The number of nitrogens with zero attached hydrogens (tertiary/aromatic N) is 2. The van der Waals surface area contributed by atoms with Crippen molar-refractivity contribution in [2.24, 2.45) is 4.99 Å². The lowest BCUT2D eigenvalue weighted by atomic mass is 10.2. The van der Waals surface area contributed by atoms with Gasteiger partial charge in [0.2, 0.25) is 0 Å². The van der Waals surface area contributed by atoms with Gasteiger partial charge in [0.25, 0.3) is 0 Å². The van der Waals surface area contributed by atoms with Crippen molar-refractivity contribution in [2.45, 2.75) is 25.4 Å². The third-order valence-electron chi connectivity index (χ3n) is 3.20. The smallest absolute Gasteiger partial charge is 0.191 e. The van der Waals surface area contributed by atoms with Crippen LogP contribution >= 0.6 is 0 Å². The average molecular weight is 270 g/mol. The standard InChI is InChI=1S/C15H18N4O/c1-16-15(18-12-7-8-12)17-10-13-9-14(20-19-13)11-5-3-2-4-6-11/h2-6,9,12H,7-8,10H2,1H3,(H2,16,17,18). The molecule has 1 heterocycles. The van der Waals surface area contributed by atoms with E-state index in [9.17, 15) is 0 Å². The van der Waals surface area contributed by atoms with Gasteiger partial charge in [0.15, 0.2) is 11.7 Å². The fraction of sp³-hybridized carbons (Fsp3) is 0.333. The lowest BCUT2D eigenvalue weighted by molar-refractivity contribution is 0.422. The fourth-order valence-electron chi connectivity index (χ4n) is 1.92. The number of rotatable bonds is 4. The molecule has 0 saturated heterocycles. The van der Waals surface area contributed by atoms with E-state index >= 15 is 0 Å². The van der Waals surface area contributed by atoms with Crippen LogP contribution < -0.4 is 10.6 Å². The molecule has 0 spiro atoms. The highest BCUT2D eigenvalue weighted by Crippen LogP contribution is 2.20. The second-order valence-electron chi connectivity index (χ2n) is 4.89. The van der Waals surface area contributed by atoms with Crippen LogP contribution in [0.15, 0.2) is 45.9 Å². The van der Waals surface area contributed by atoms with Crippen LogP contribution in [-0.2, 0) is 6.54 Å². The second-order valence-corrected chi connectivity index (χ2v) is 4.89. The van der Waals surface area contributed by atoms with Gasteiger partial charge in [-0.1, -0.05) is 35.5 Å². The molecule has 0 bridgehead atoms. The van der Waals surface area contributed by atoms with E-state index in [0.717, 1.165) is 23.0 Å². The Morgan fingerprint density at radius 2 is 2.15 bits per heavy atom. The van der Waals surface area contributed by atoms with Gasteiger partial charge in [-0.15, -0.1) is 0 Å². The van der Waals surface area contributed by atoms with Crippen molar-refractivity contribution < 1.29 is 4.52 Å². The van der Waals surface area contributed by atoms with E-state index in [1.807, 2.05) is 36.4 Å². The van der Waals surface area contributed by atoms with E-state index in [0.29, 0.717) is 12.6 Å². The summed E-state index contributed by atoms with van der Waals surface area (Å²) in [6, 6.07) is 12.5. The summed E-state index contributed by atoms with van der Waals surface area (Å²) in [5.41, 5.74) is 1.90. The monoisotopic (exact) mass is 270 g/mol.